The molecule has 3 N–H and O–H groups in total. The normalized spacial score (nSPS) is 10.3. The van der Waals surface area contributed by atoms with Gasteiger partial charge in [0, 0.05) is 19.8 Å². The Kier molecular flexibility index (Phi) is 4.90. The second kappa shape index (κ2) is 6.20. The first-order valence-electron chi connectivity index (χ1n) is 5.69. The fraction of sp³-hybridized carbons (Fsp3) is 0.500. The van der Waals surface area contributed by atoms with Crippen LogP contribution in [0.25, 0.3) is 0 Å². The Morgan fingerprint density at radius 1 is 1.59 bits per heavy atom. The summed E-state index contributed by atoms with van der Waals surface area (Å²) in [4.78, 5) is 17.6. The lowest BCUT2D eigenvalue weighted by molar-refractivity contribution is 0.1000. The molecule has 0 fully saturated rings. The highest BCUT2D eigenvalue weighted by molar-refractivity contribution is 5.99. The fourth-order valence-electron chi connectivity index (χ4n) is 1.74. The van der Waals surface area contributed by atoms with Crippen LogP contribution in [-0.4, -0.2) is 38.1 Å². The molecule has 1 aromatic heterocycles. The summed E-state index contributed by atoms with van der Waals surface area (Å²) < 4.78 is 0. The van der Waals surface area contributed by atoms with Crippen molar-refractivity contribution >= 4 is 11.7 Å². The summed E-state index contributed by atoms with van der Waals surface area (Å²) >= 11 is 0. The number of carbonyl (C=O) groups excluding carboxylic acids is 1. The number of nitrogens with two attached hydrogens (primary N) is 1. The number of amides is 1. The van der Waals surface area contributed by atoms with Gasteiger partial charge in [-0.1, -0.05) is 0 Å². The lowest BCUT2D eigenvalue weighted by atomic mass is 10.1. The van der Waals surface area contributed by atoms with Crippen LogP contribution in [-0.2, 0) is 0 Å². The van der Waals surface area contributed by atoms with Crippen LogP contribution in [0.2, 0.25) is 0 Å². The molecule has 0 saturated carbocycles. The SMILES string of the molecule is CNCCCN(C)c1nccc(C)c1C(N)=O. The van der Waals surface area contributed by atoms with Crippen molar-refractivity contribution in [1.82, 2.24) is 10.3 Å². The van der Waals surface area contributed by atoms with E-state index >= 15 is 0 Å². The minimum absolute atomic E-state index is 0.425. The number of primary amides is 1. The van der Waals surface area contributed by atoms with Crippen LogP contribution in [0.4, 0.5) is 5.82 Å². The van der Waals surface area contributed by atoms with Gasteiger partial charge in [-0.05, 0) is 38.6 Å². The van der Waals surface area contributed by atoms with E-state index in [1.807, 2.05) is 25.9 Å². The van der Waals surface area contributed by atoms with Gasteiger partial charge in [0.1, 0.15) is 5.82 Å². The number of anilines is 1. The summed E-state index contributed by atoms with van der Waals surface area (Å²) in [6.07, 6.45) is 2.69. The van der Waals surface area contributed by atoms with E-state index in [4.69, 9.17) is 5.73 Å². The highest BCUT2D eigenvalue weighted by Gasteiger charge is 2.15. The lowest BCUT2D eigenvalue weighted by Gasteiger charge is -2.21. The summed E-state index contributed by atoms with van der Waals surface area (Å²) in [6.45, 7) is 3.63. The summed E-state index contributed by atoms with van der Waals surface area (Å²) in [5.41, 5.74) is 6.77. The molecule has 0 spiro atoms. The van der Waals surface area contributed by atoms with Crippen molar-refractivity contribution in [3.8, 4) is 0 Å². The van der Waals surface area contributed by atoms with E-state index in [-0.39, 0.29) is 0 Å². The molecule has 5 heteroatoms. The third-order valence-electron chi connectivity index (χ3n) is 2.67. The average Bonchev–Trinajstić information content (AvgIpc) is 2.28. The minimum atomic E-state index is -0.425. The monoisotopic (exact) mass is 236 g/mol. The molecule has 94 valence electrons. The van der Waals surface area contributed by atoms with E-state index in [1.54, 1.807) is 12.3 Å². The van der Waals surface area contributed by atoms with Gasteiger partial charge in [0.05, 0.1) is 5.56 Å². The molecule has 1 amide bonds. The number of hydrogen-bond acceptors (Lipinski definition) is 4. The standard InChI is InChI=1S/C12H20N4O/c1-9-5-7-15-12(10(9)11(13)17)16(3)8-4-6-14-2/h5,7,14H,4,6,8H2,1-3H3,(H2,13,17). The number of aromatic nitrogens is 1. The molecule has 0 aliphatic carbocycles. The molecule has 1 heterocycles. The van der Waals surface area contributed by atoms with Gasteiger partial charge in [0.15, 0.2) is 0 Å². The highest BCUT2D eigenvalue weighted by Crippen LogP contribution is 2.19. The maximum Gasteiger partial charge on any atom is 0.252 e. The Bertz CT molecular complexity index is 392. The van der Waals surface area contributed by atoms with Gasteiger partial charge in [0.25, 0.3) is 5.91 Å². The van der Waals surface area contributed by atoms with Crippen LogP contribution < -0.4 is 16.0 Å². The van der Waals surface area contributed by atoms with Crippen LogP contribution in [0.15, 0.2) is 12.3 Å². The summed E-state index contributed by atoms with van der Waals surface area (Å²) in [6, 6.07) is 1.80. The number of nitrogens with one attached hydrogen (secondary N) is 1. The molecule has 0 bridgehead atoms. The third-order valence-corrected chi connectivity index (χ3v) is 2.67. The van der Waals surface area contributed by atoms with Crippen LogP contribution in [0.3, 0.4) is 0 Å². The van der Waals surface area contributed by atoms with Gasteiger partial charge in [-0.3, -0.25) is 4.79 Å². The van der Waals surface area contributed by atoms with E-state index in [2.05, 4.69) is 10.3 Å². The lowest BCUT2D eigenvalue weighted by Crippen LogP contribution is -2.27. The summed E-state index contributed by atoms with van der Waals surface area (Å²) in [5.74, 6) is 0.236. The van der Waals surface area contributed by atoms with Gasteiger partial charge in [-0.15, -0.1) is 0 Å². The number of aryl methyl sites for hydroxylation is 1. The summed E-state index contributed by atoms with van der Waals surface area (Å²) in [7, 11) is 3.84. The molecule has 1 aromatic rings. The van der Waals surface area contributed by atoms with Crippen molar-refractivity contribution < 1.29 is 4.79 Å². The fourth-order valence-corrected chi connectivity index (χ4v) is 1.74. The molecule has 0 aliphatic rings. The number of pyridine rings is 1. The highest BCUT2D eigenvalue weighted by atomic mass is 16.1. The van der Waals surface area contributed by atoms with Crippen molar-refractivity contribution in [2.45, 2.75) is 13.3 Å². The second-order valence-corrected chi connectivity index (χ2v) is 4.07. The predicted molar refractivity (Wildman–Crippen MR) is 69.3 cm³/mol. The van der Waals surface area contributed by atoms with E-state index in [0.717, 1.165) is 25.1 Å². The third kappa shape index (κ3) is 3.42. The molecule has 0 unspecified atom stereocenters. The number of carbonyl (C=O) groups is 1. The van der Waals surface area contributed by atoms with Crippen molar-refractivity contribution in [2.24, 2.45) is 5.73 Å². The zero-order valence-corrected chi connectivity index (χ0v) is 10.7. The zero-order valence-electron chi connectivity index (χ0n) is 10.7. The molecule has 17 heavy (non-hydrogen) atoms. The topological polar surface area (TPSA) is 71.2 Å². The van der Waals surface area contributed by atoms with Crippen LogP contribution >= 0.6 is 0 Å². The van der Waals surface area contributed by atoms with Gasteiger partial charge in [-0.2, -0.15) is 0 Å². The van der Waals surface area contributed by atoms with Crippen molar-refractivity contribution in [3.05, 3.63) is 23.4 Å². The predicted octanol–water partition coefficient (Wildman–Crippen LogP) is 0.535. The average molecular weight is 236 g/mol. The van der Waals surface area contributed by atoms with Crippen LogP contribution in [0, 0.1) is 6.92 Å². The Morgan fingerprint density at radius 3 is 2.88 bits per heavy atom. The first-order valence-corrected chi connectivity index (χ1v) is 5.69. The van der Waals surface area contributed by atoms with E-state index < -0.39 is 5.91 Å². The van der Waals surface area contributed by atoms with E-state index in [0.29, 0.717) is 11.4 Å². The van der Waals surface area contributed by atoms with Crippen molar-refractivity contribution in [1.29, 1.82) is 0 Å². The van der Waals surface area contributed by atoms with Gasteiger partial charge in [0.2, 0.25) is 0 Å². The molecule has 1 rings (SSSR count). The Hall–Kier alpha value is -1.62. The van der Waals surface area contributed by atoms with E-state index in [1.165, 1.54) is 0 Å². The largest absolute Gasteiger partial charge is 0.365 e. The molecular formula is C12H20N4O. The van der Waals surface area contributed by atoms with Crippen molar-refractivity contribution in [2.75, 3.05) is 32.1 Å². The Morgan fingerprint density at radius 2 is 2.29 bits per heavy atom. The van der Waals surface area contributed by atoms with Gasteiger partial charge in [-0.25, -0.2) is 4.98 Å². The zero-order chi connectivity index (χ0) is 12.8. The number of nitrogens with zero attached hydrogens (tertiary/aromatic N) is 2. The second-order valence-electron chi connectivity index (χ2n) is 4.07. The smallest absolute Gasteiger partial charge is 0.252 e. The molecule has 0 atom stereocenters. The molecule has 0 aliphatic heterocycles. The number of hydrogen-bond donors (Lipinski definition) is 2. The Balaban J connectivity index is 2.89. The maximum atomic E-state index is 11.4. The first-order chi connectivity index (χ1) is 8.07. The molecule has 5 nitrogen and oxygen atoms in total. The van der Waals surface area contributed by atoms with Crippen molar-refractivity contribution in [3.63, 3.8) is 0 Å². The summed E-state index contributed by atoms with van der Waals surface area (Å²) in [5, 5.41) is 3.08. The van der Waals surface area contributed by atoms with Gasteiger partial charge < -0.3 is 16.0 Å². The maximum absolute atomic E-state index is 11.4. The Labute approximate surface area is 102 Å². The molecule has 0 saturated heterocycles. The van der Waals surface area contributed by atoms with Crippen LogP contribution in [0.1, 0.15) is 22.3 Å². The molecule has 0 aromatic carbocycles. The van der Waals surface area contributed by atoms with Crippen LogP contribution in [0.5, 0.6) is 0 Å². The quantitative estimate of drug-likeness (QED) is 0.707. The number of rotatable bonds is 6. The minimum Gasteiger partial charge on any atom is -0.365 e. The molecule has 0 radical (unpaired) electrons. The van der Waals surface area contributed by atoms with Gasteiger partial charge >= 0.3 is 0 Å². The van der Waals surface area contributed by atoms with E-state index in [9.17, 15) is 4.79 Å². The molecular weight excluding hydrogens is 216 g/mol. The first kappa shape index (κ1) is 13.4.